The van der Waals surface area contributed by atoms with Crippen molar-refractivity contribution in [3.63, 3.8) is 0 Å². The molecule has 5 unspecified atom stereocenters. The Bertz CT molecular complexity index is 3060. The summed E-state index contributed by atoms with van der Waals surface area (Å²) in [5, 5.41) is 8.32. The average Bonchev–Trinajstić information content (AvgIpc) is 3.95. The van der Waals surface area contributed by atoms with Gasteiger partial charge in [-0.2, -0.15) is 0 Å². The van der Waals surface area contributed by atoms with Gasteiger partial charge in [0.25, 0.3) is 0 Å². The van der Waals surface area contributed by atoms with E-state index in [0.29, 0.717) is 29.8 Å². The van der Waals surface area contributed by atoms with E-state index in [-0.39, 0.29) is 6.17 Å². The highest BCUT2D eigenvalue weighted by molar-refractivity contribution is 7.25. The second-order valence-corrected chi connectivity index (χ2v) is 16.4. The van der Waals surface area contributed by atoms with Gasteiger partial charge in [-0.3, -0.25) is 0 Å². The molecular weight excluding hydrogens is 717 g/mol. The van der Waals surface area contributed by atoms with E-state index < -0.39 is 0 Å². The molecule has 2 aliphatic carbocycles. The van der Waals surface area contributed by atoms with E-state index in [9.17, 15) is 0 Å². The van der Waals surface area contributed by atoms with E-state index in [4.69, 9.17) is 14.4 Å². The number of aliphatic imine (C=N–C) groups is 2. The van der Waals surface area contributed by atoms with Crippen LogP contribution in [0.4, 0.5) is 5.69 Å². The Labute approximate surface area is 334 Å². The molecule has 8 aromatic rings. The third-order valence-electron chi connectivity index (χ3n) is 12.1. The fourth-order valence-electron chi connectivity index (χ4n) is 9.46. The summed E-state index contributed by atoms with van der Waals surface area (Å²) in [6.45, 7) is 0. The van der Waals surface area contributed by atoms with Gasteiger partial charge in [0.1, 0.15) is 23.2 Å². The third kappa shape index (κ3) is 5.28. The summed E-state index contributed by atoms with van der Waals surface area (Å²) >= 11 is 1.88. The first-order chi connectivity index (χ1) is 28.2. The van der Waals surface area contributed by atoms with Crippen molar-refractivity contribution in [2.24, 2.45) is 21.8 Å². The minimum absolute atomic E-state index is 0.267. The SMILES string of the molecule is C1=CC2C3C=CC=CC3N(c3ccc4c(c3)sc3cc(-c5cccc6oc7ccc(C8=NC(c9ccccc9)NC(c9ccccc9)=N8)cc7c56)ccc34)C2C=C1. The van der Waals surface area contributed by atoms with Crippen LogP contribution in [-0.4, -0.2) is 23.8 Å². The standard InChI is InChI=1S/C51H36N4OS/c1-3-12-31(13-4-1)49-52-50(32-14-5-2-6-15-32)54-51(53-49)34-23-27-44-41(28-34)48-36(18-11-21-45(48)56-44)33-22-25-39-40-26-24-35(30-47(40)57-46(39)29-33)55-42-19-9-7-16-37(42)38-17-8-10-20-43(38)55/h1-30,37-38,42-43,49H,(H,52,53,54). The van der Waals surface area contributed by atoms with Crippen LogP contribution in [0.1, 0.15) is 22.9 Å². The average molecular weight is 753 g/mol. The van der Waals surface area contributed by atoms with Crippen LogP contribution in [0, 0.1) is 11.8 Å². The number of furan rings is 1. The maximum atomic E-state index is 6.50. The van der Waals surface area contributed by atoms with Crippen LogP contribution in [0.5, 0.6) is 0 Å². The van der Waals surface area contributed by atoms with Crippen molar-refractivity contribution < 1.29 is 4.42 Å². The molecule has 4 aliphatic rings. The predicted molar refractivity (Wildman–Crippen MR) is 237 cm³/mol. The number of nitrogens with zero attached hydrogens (tertiary/aromatic N) is 3. The number of anilines is 1. The molecule has 6 aromatic carbocycles. The maximum Gasteiger partial charge on any atom is 0.159 e. The van der Waals surface area contributed by atoms with Crippen LogP contribution in [0.3, 0.4) is 0 Å². The number of benzene rings is 6. The van der Waals surface area contributed by atoms with Crippen molar-refractivity contribution in [1.82, 2.24) is 5.32 Å². The molecule has 1 saturated heterocycles. The minimum atomic E-state index is -0.267. The molecule has 0 bridgehead atoms. The molecule has 0 spiro atoms. The smallest absolute Gasteiger partial charge is 0.159 e. The number of hydrogen-bond donors (Lipinski definition) is 1. The van der Waals surface area contributed by atoms with E-state index in [1.807, 2.05) is 35.6 Å². The topological polar surface area (TPSA) is 53.1 Å². The van der Waals surface area contributed by atoms with Crippen LogP contribution < -0.4 is 10.2 Å². The quantitative estimate of drug-likeness (QED) is 0.190. The van der Waals surface area contributed by atoms with Gasteiger partial charge in [-0.1, -0.05) is 140 Å². The van der Waals surface area contributed by atoms with Gasteiger partial charge in [-0.05, 0) is 59.2 Å². The zero-order valence-electron chi connectivity index (χ0n) is 30.9. The highest BCUT2D eigenvalue weighted by atomic mass is 32.1. The summed E-state index contributed by atoms with van der Waals surface area (Å²) in [6.07, 6.45) is 18.1. The first-order valence-corrected chi connectivity index (χ1v) is 20.5. The number of allylic oxidation sites excluding steroid dienone is 4. The zero-order valence-corrected chi connectivity index (χ0v) is 31.7. The molecule has 4 heterocycles. The Hall–Kier alpha value is -6.76. The number of rotatable bonds is 5. The molecule has 2 aliphatic heterocycles. The van der Waals surface area contributed by atoms with Crippen LogP contribution in [0.15, 0.2) is 196 Å². The van der Waals surface area contributed by atoms with Gasteiger partial charge in [0.2, 0.25) is 0 Å². The normalized spacial score (nSPS) is 22.2. The Morgan fingerprint density at radius 2 is 1.26 bits per heavy atom. The van der Waals surface area contributed by atoms with Crippen LogP contribution in [0.25, 0.3) is 53.2 Å². The van der Waals surface area contributed by atoms with Crippen molar-refractivity contribution in [2.75, 3.05) is 4.90 Å². The summed E-state index contributed by atoms with van der Waals surface area (Å²) in [5.41, 5.74) is 8.36. The lowest BCUT2D eigenvalue weighted by atomic mass is 9.83. The zero-order chi connectivity index (χ0) is 37.5. The van der Waals surface area contributed by atoms with Gasteiger partial charge in [0.15, 0.2) is 5.84 Å². The fourth-order valence-corrected chi connectivity index (χ4v) is 10.6. The van der Waals surface area contributed by atoms with E-state index in [0.717, 1.165) is 50.0 Å². The van der Waals surface area contributed by atoms with Crippen molar-refractivity contribution >= 4 is 70.8 Å². The van der Waals surface area contributed by atoms with Crippen LogP contribution in [-0.2, 0) is 0 Å². The summed E-state index contributed by atoms with van der Waals surface area (Å²) in [6, 6.07) is 48.0. The van der Waals surface area contributed by atoms with Gasteiger partial charge < -0.3 is 14.6 Å². The summed E-state index contributed by atoms with van der Waals surface area (Å²) < 4.78 is 9.10. The second-order valence-electron chi connectivity index (χ2n) is 15.3. The van der Waals surface area contributed by atoms with Crippen molar-refractivity contribution in [3.05, 3.63) is 199 Å². The predicted octanol–water partition coefficient (Wildman–Crippen LogP) is 12.2. The molecule has 2 aromatic heterocycles. The Balaban J connectivity index is 0.945. The fraction of sp³-hybridized carbons (Fsp3) is 0.0980. The first-order valence-electron chi connectivity index (χ1n) is 19.7. The third-order valence-corrected chi connectivity index (χ3v) is 13.2. The van der Waals surface area contributed by atoms with Gasteiger partial charge >= 0.3 is 0 Å². The van der Waals surface area contributed by atoms with Crippen LogP contribution >= 0.6 is 11.3 Å². The number of hydrogen-bond acceptors (Lipinski definition) is 6. The van der Waals surface area contributed by atoms with Gasteiger partial charge in [0, 0.05) is 59.6 Å². The van der Waals surface area contributed by atoms with Crippen molar-refractivity contribution in [3.8, 4) is 11.1 Å². The molecule has 0 amide bonds. The molecule has 1 N–H and O–H groups in total. The number of nitrogens with one attached hydrogen (secondary N) is 1. The van der Waals surface area contributed by atoms with E-state index in [1.165, 1.54) is 31.4 Å². The van der Waals surface area contributed by atoms with Crippen molar-refractivity contribution in [2.45, 2.75) is 18.2 Å². The largest absolute Gasteiger partial charge is 0.456 e. The molecule has 6 heteroatoms. The molecule has 57 heavy (non-hydrogen) atoms. The monoisotopic (exact) mass is 752 g/mol. The van der Waals surface area contributed by atoms with E-state index in [1.54, 1.807) is 0 Å². The lowest BCUT2D eigenvalue weighted by molar-refractivity contribution is 0.527. The maximum absolute atomic E-state index is 6.50. The van der Waals surface area contributed by atoms with Gasteiger partial charge in [0.05, 0.1) is 12.1 Å². The summed E-state index contributed by atoms with van der Waals surface area (Å²) in [7, 11) is 0. The molecule has 12 rings (SSSR count). The van der Waals surface area contributed by atoms with E-state index in [2.05, 4.69) is 168 Å². The first kappa shape index (κ1) is 32.5. The van der Waals surface area contributed by atoms with Crippen LogP contribution in [0.2, 0.25) is 0 Å². The lowest BCUT2D eigenvalue weighted by Gasteiger charge is -2.32. The highest BCUT2D eigenvalue weighted by Crippen LogP contribution is 2.47. The molecule has 0 saturated carbocycles. The Morgan fingerprint density at radius 3 is 2.05 bits per heavy atom. The Morgan fingerprint density at radius 1 is 0.561 bits per heavy atom. The minimum Gasteiger partial charge on any atom is -0.456 e. The molecule has 0 radical (unpaired) electrons. The number of thiophene rings is 1. The Kier molecular flexibility index (Phi) is 7.35. The van der Waals surface area contributed by atoms with Gasteiger partial charge in [-0.25, -0.2) is 9.98 Å². The number of fused-ring (bicyclic) bond motifs is 9. The highest BCUT2D eigenvalue weighted by Gasteiger charge is 2.45. The number of amidine groups is 2. The van der Waals surface area contributed by atoms with Crippen molar-refractivity contribution in [1.29, 1.82) is 0 Å². The van der Waals surface area contributed by atoms with E-state index >= 15 is 0 Å². The van der Waals surface area contributed by atoms with Gasteiger partial charge in [-0.15, -0.1) is 11.3 Å². The summed E-state index contributed by atoms with van der Waals surface area (Å²) in [5.74, 6) is 2.46. The molecule has 1 fully saturated rings. The summed E-state index contributed by atoms with van der Waals surface area (Å²) in [4.78, 5) is 12.9. The molecule has 5 nitrogen and oxygen atoms in total. The molecular formula is C51H36N4OS. The second kappa shape index (κ2) is 12.9. The molecule has 272 valence electrons. The molecule has 5 atom stereocenters. The lowest BCUT2D eigenvalue weighted by Crippen LogP contribution is -2.36.